The Morgan fingerprint density at radius 1 is 1.44 bits per heavy atom. The van der Waals surface area contributed by atoms with Gasteiger partial charge >= 0.3 is 0 Å². The fourth-order valence-corrected chi connectivity index (χ4v) is 1.86. The summed E-state index contributed by atoms with van der Waals surface area (Å²) >= 11 is 0. The molecular formula is C6H9F2N. The molecule has 0 amide bonds. The van der Waals surface area contributed by atoms with Crippen molar-refractivity contribution in [2.24, 2.45) is 5.92 Å². The van der Waals surface area contributed by atoms with Gasteiger partial charge in [-0.3, -0.25) is 0 Å². The molecule has 0 aromatic rings. The lowest BCUT2D eigenvalue weighted by Gasteiger charge is -2.36. The van der Waals surface area contributed by atoms with Gasteiger partial charge in [0.15, 0.2) is 0 Å². The molecule has 52 valence electrons. The molecule has 2 heterocycles. The monoisotopic (exact) mass is 133 g/mol. The second-order valence-electron chi connectivity index (χ2n) is 3.11. The van der Waals surface area contributed by atoms with Gasteiger partial charge in [-0.15, -0.1) is 0 Å². The molecule has 1 aliphatic carbocycles. The van der Waals surface area contributed by atoms with Crippen LogP contribution in [-0.4, -0.2) is 18.5 Å². The molecule has 3 aliphatic rings. The van der Waals surface area contributed by atoms with Gasteiger partial charge in [0.1, 0.15) is 0 Å². The lowest BCUT2D eigenvalue weighted by molar-refractivity contribution is 0.00127. The number of fused-ring (bicyclic) bond motifs is 1. The quantitative estimate of drug-likeness (QED) is 0.562. The van der Waals surface area contributed by atoms with E-state index in [1.807, 2.05) is 0 Å². The van der Waals surface area contributed by atoms with Crippen LogP contribution in [0.3, 0.4) is 0 Å². The van der Waals surface area contributed by atoms with Gasteiger partial charge in [-0.1, -0.05) is 0 Å². The summed E-state index contributed by atoms with van der Waals surface area (Å²) < 4.78 is 24.2. The van der Waals surface area contributed by atoms with E-state index >= 15 is 0 Å². The Morgan fingerprint density at radius 2 is 2.11 bits per heavy atom. The van der Waals surface area contributed by atoms with Gasteiger partial charge in [-0.2, -0.15) is 0 Å². The van der Waals surface area contributed by atoms with Crippen LogP contribution < -0.4 is 5.32 Å². The number of alkyl halides is 2. The number of rotatable bonds is 1. The third-order valence-corrected chi connectivity index (χ3v) is 2.47. The van der Waals surface area contributed by atoms with Crippen LogP contribution in [0.4, 0.5) is 8.78 Å². The van der Waals surface area contributed by atoms with Crippen molar-refractivity contribution in [2.45, 2.75) is 24.8 Å². The molecule has 1 N–H and O–H groups in total. The third-order valence-electron chi connectivity index (χ3n) is 2.47. The van der Waals surface area contributed by atoms with Crippen LogP contribution in [0.2, 0.25) is 0 Å². The summed E-state index contributed by atoms with van der Waals surface area (Å²) in [7, 11) is 0. The highest BCUT2D eigenvalue weighted by Gasteiger charge is 2.55. The minimum absolute atomic E-state index is 0.555. The maximum absolute atomic E-state index is 12.1. The first kappa shape index (κ1) is 5.59. The Bertz CT molecular complexity index is 124. The minimum Gasteiger partial charge on any atom is -0.306 e. The lowest BCUT2D eigenvalue weighted by Crippen LogP contribution is -2.49. The van der Waals surface area contributed by atoms with Gasteiger partial charge in [-0.05, 0) is 25.3 Å². The van der Waals surface area contributed by atoms with Crippen molar-refractivity contribution in [2.75, 3.05) is 6.54 Å². The van der Waals surface area contributed by atoms with Crippen molar-refractivity contribution in [3.63, 3.8) is 0 Å². The van der Waals surface area contributed by atoms with Crippen molar-refractivity contribution in [1.82, 2.24) is 5.32 Å². The highest BCUT2D eigenvalue weighted by molar-refractivity contribution is 5.09. The first-order chi connectivity index (χ1) is 4.23. The van der Waals surface area contributed by atoms with E-state index in [9.17, 15) is 8.78 Å². The summed E-state index contributed by atoms with van der Waals surface area (Å²) in [6.45, 7) is 0.810. The first-order valence-corrected chi connectivity index (χ1v) is 3.26. The second-order valence-corrected chi connectivity index (χ2v) is 3.11. The molecule has 0 atom stereocenters. The van der Waals surface area contributed by atoms with Crippen molar-refractivity contribution in [1.29, 1.82) is 0 Å². The van der Waals surface area contributed by atoms with Crippen molar-refractivity contribution < 1.29 is 8.78 Å². The second kappa shape index (κ2) is 1.45. The Labute approximate surface area is 52.4 Å². The third kappa shape index (κ3) is 0.556. The maximum atomic E-state index is 12.1. The van der Waals surface area contributed by atoms with Gasteiger partial charge in [0.05, 0.1) is 5.54 Å². The standard InChI is InChI=1S/C6H9F2N/c7-5(8)6-1-4(2-6)3-9-6/h4-5,9H,1-3H2. The molecular weight excluding hydrogens is 124 g/mol. The Balaban J connectivity index is 2.10. The van der Waals surface area contributed by atoms with Crippen LogP contribution >= 0.6 is 0 Å². The average molecular weight is 133 g/mol. The van der Waals surface area contributed by atoms with Crippen LogP contribution in [-0.2, 0) is 0 Å². The molecule has 1 nitrogen and oxygen atoms in total. The zero-order valence-corrected chi connectivity index (χ0v) is 5.03. The molecule has 3 fully saturated rings. The molecule has 3 rings (SSSR count). The van der Waals surface area contributed by atoms with Crippen molar-refractivity contribution in [3.05, 3.63) is 0 Å². The van der Waals surface area contributed by atoms with Gasteiger partial charge in [0, 0.05) is 0 Å². The topological polar surface area (TPSA) is 12.0 Å². The van der Waals surface area contributed by atoms with Gasteiger partial charge in [0.2, 0.25) is 0 Å². The van der Waals surface area contributed by atoms with Crippen molar-refractivity contribution >= 4 is 0 Å². The van der Waals surface area contributed by atoms with Gasteiger partial charge in [0.25, 0.3) is 6.43 Å². The number of hydrogen-bond acceptors (Lipinski definition) is 1. The molecule has 9 heavy (non-hydrogen) atoms. The fraction of sp³-hybridized carbons (Fsp3) is 1.00. The molecule has 1 saturated carbocycles. The van der Waals surface area contributed by atoms with Gasteiger partial charge < -0.3 is 5.32 Å². The van der Waals surface area contributed by atoms with E-state index in [0.717, 1.165) is 6.54 Å². The predicted octanol–water partition coefficient (Wildman–Crippen LogP) is 1.00. The summed E-state index contributed by atoms with van der Waals surface area (Å²) in [4.78, 5) is 0. The summed E-state index contributed by atoms with van der Waals surface area (Å²) in [5.41, 5.74) is -0.745. The zero-order chi connectivity index (χ0) is 6.48. The highest BCUT2D eigenvalue weighted by Crippen LogP contribution is 2.46. The van der Waals surface area contributed by atoms with E-state index in [1.54, 1.807) is 0 Å². The van der Waals surface area contributed by atoms with Crippen LogP contribution in [0, 0.1) is 5.92 Å². The summed E-state index contributed by atoms with van der Waals surface area (Å²) in [6, 6.07) is 0. The minimum atomic E-state index is -2.16. The summed E-state index contributed by atoms with van der Waals surface area (Å²) in [6.07, 6.45) is -0.758. The highest BCUT2D eigenvalue weighted by atomic mass is 19.3. The van der Waals surface area contributed by atoms with E-state index in [1.165, 1.54) is 0 Å². The van der Waals surface area contributed by atoms with E-state index in [0.29, 0.717) is 18.8 Å². The summed E-state index contributed by atoms with van der Waals surface area (Å²) in [5, 5.41) is 2.86. The Morgan fingerprint density at radius 3 is 2.33 bits per heavy atom. The largest absolute Gasteiger partial charge is 0.306 e. The average Bonchev–Trinajstić information content (AvgIpc) is 2.13. The van der Waals surface area contributed by atoms with E-state index < -0.39 is 12.0 Å². The van der Waals surface area contributed by atoms with Crippen LogP contribution in [0.5, 0.6) is 0 Å². The maximum Gasteiger partial charge on any atom is 0.256 e. The SMILES string of the molecule is FC(F)C12CC(CN1)C2. The first-order valence-electron chi connectivity index (χ1n) is 3.26. The molecule has 0 aromatic carbocycles. The lowest BCUT2D eigenvalue weighted by atomic mass is 9.74. The van der Waals surface area contributed by atoms with Crippen LogP contribution in [0.25, 0.3) is 0 Å². The normalized spacial score (nSPS) is 47.7. The Kier molecular flexibility index (Phi) is 0.903. The molecule has 0 radical (unpaired) electrons. The molecule has 0 spiro atoms. The number of nitrogens with one attached hydrogen (secondary N) is 1. The Hall–Kier alpha value is -0.180. The molecule has 0 aromatic heterocycles. The van der Waals surface area contributed by atoms with E-state index in [2.05, 4.69) is 5.32 Å². The molecule has 2 saturated heterocycles. The molecule has 2 aliphatic heterocycles. The molecule has 0 unspecified atom stereocenters. The van der Waals surface area contributed by atoms with Crippen LogP contribution in [0.1, 0.15) is 12.8 Å². The number of halogens is 2. The molecule has 3 heteroatoms. The zero-order valence-electron chi connectivity index (χ0n) is 5.03. The van der Waals surface area contributed by atoms with E-state index in [-0.39, 0.29) is 0 Å². The predicted molar refractivity (Wildman–Crippen MR) is 29.5 cm³/mol. The van der Waals surface area contributed by atoms with Crippen molar-refractivity contribution in [3.8, 4) is 0 Å². The van der Waals surface area contributed by atoms with E-state index in [4.69, 9.17) is 0 Å². The fourth-order valence-electron chi connectivity index (χ4n) is 1.86. The van der Waals surface area contributed by atoms with Crippen LogP contribution in [0.15, 0.2) is 0 Å². The smallest absolute Gasteiger partial charge is 0.256 e. The number of hydrogen-bond donors (Lipinski definition) is 1. The van der Waals surface area contributed by atoms with Gasteiger partial charge in [-0.25, -0.2) is 8.78 Å². The molecule has 2 bridgehead atoms. The summed E-state index contributed by atoms with van der Waals surface area (Å²) in [5.74, 6) is 0.555.